The summed E-state index contributed by atoms with van der Waals surface area (Å²) in [4.78, 5) is 41.4. The van der Waals surface area contributed by atoms with Gasteiger partial charge in [0.2, 0.25) is 11.6 Å². The molecule has 1 aliphatic rings. The summed E-state index contributed by atoms with van der Waals surface area (Å²) in [7, 11) is 2.65. The van der Waals surface area contributed by atoms with Crippen LogP contribution in [0.15, 0.2) is 46.6 Å². The van der Waals surface area contributed by atoms with Crippen molar-refractivity contribution in [2.75, 3.05) is 7.11 Å². The van der Waals surface area contributed by atoms with Gasteiger partial charge >= 0.3 is 0 Å². The second kappa shape index (κ2) is 5.20. The fraction of sp³-hybridized carbons (Fsp3) is 0.125. The molecule has 1 heterocycles. The summed E-state index contributed by atoms with van der Waals surface area (Å²) in [6.07, 6.45) is 0. The molecule has 0 atom stereocenters. The van der Waals surface area contributed by atoms with Crippen molar-refractivity contribution in [2.45, 2.75) is 0 Å². The third-order valence-electron chi connectivity index (χ3n) is 3.67. The third-order valence-corrected chi connectivity index (χ3v) is 3.67. The highest BCUT2D eigenvalue weighted by atomic mass is 16.5. The van der Waals surface area contributed by atoms with Gasteiger partial charge in [0.15, 0.2) is 5.76 Å². The van der Waals surface area contributed by atoms with Crippen molar-refractivity contribution in [3.8, 4) is 11.3 Å². The zero-order chi connectivity index (χ0) is 16.7. The minimum Gasteiger partial charge on any atom is -0.491 e. The molecule has 1 aromatic carbocycles. The maximum Gasteiger partial charge on any atom is 0.277 e. The van der Waals surface area contributed by atoms with Crippen LogP contribution in [0.2, 0.25) is 0 Å². The maximum absolute atomic E-state index is 12.5. The number of carbonyl (C=O) groups excluding carboxylic acids is 2. The van der Waals surface area contributed by atoms with E-state index in [9.17, 15) is 14.4 Å². The van der Waals surface area contributed by atoms with Gasteiger partial charge in [-0.3, -0.25) is 14.4 Å². The number of allylic oxidation sites excluding steroid dienone is 2. The lowest BCUT2D eigenvalue weighted by Crippen LogP contribution is -2.36. The molecule has 0 aliphatic heterocycles. The number of nitrogens with two attached hydrogens (primary N) is 1. The second-order valence-electron chi connectivity index (χ2n) is 4.99. The minimum atomic E-state index is -0.635. The van der Waals surface area contributed by atoms with Gasteiger partial charge in [-0.25, -0.2) is 4.98 Å². The van der Waals surface area contributed by atoms with Crippen molar-refractivity contribution in [1.82, 2.24) is 9.55 Å². The molecule has 0 radical (unpaired) electrons. The Morgan fingerprint density at radius 1 is 1.04 bits per heavy atom. The first kappa shape index (κ1) is 14.7. The first-order valence-corrected chi connectivity index (χ1v) is 6.77. The van der Waals surface area contributed by atoms with E-state index in [1.54, 1.807) is 30.3 Å². The Balaban J connectivity index is 2.34. The minimum absolute atomic E-state index is 0.0849. The van der Waals surface area contributed by atoms with Gasteiger partial charge in [-0.15, -0.1) is 0 Å². The summed E-state index contributed by atoms with van der Waals surface area (Å²) in [6, 6.07) is 8.70. The summed E-state index contributed by atoms with van der Waals surface area (Å²) >= 11 is 0. The van der Waals surface area contributed by atoms with Crippen LogP contribution in [-0.2, 0) is 11.8 Å². The van der Waals surface area contributed by atoms with Crippen LogP contribution in [0.5, 0.6) is 0 Å². The highest BCUT2D eigenvalue weighted by Gasteiger charge is 2.36. The molecule has 1 aromatic heterocycles. The molecule has 3 rings (SSSR count). The Kier molecular flexibility index (Phi) is 3.33. The third kappa shape index (κ3) is 2.05. The Hall–Kier alpha value is -3.22. The number of fused-ring (bicyclic) bond motifs is 1. The predicted octanol–water partition coefficient (Wildman–Crippen LogP) is 0.643. The molecule has 1 aliphatic carbocycles. The van der Waals surface area contributed by atoms with Crippen LogP contribution in [0.3, 0.4) is 0 Å². The Bertz CT molecular complexity index is 926. The van der Waals surface area contributed by atoms with E-state index in [0.717, 1.165) is 4.57 Å². The molecule has 23 heavy (non-hydrogen) atoms. The zero-order valence-corrected chi connectivity index (χ0v) is 12.5. The summed E-state index contributed by atoms with van der Waals surface area (Å²) in [5.41, 5.74) is 5.26. The van der Waals surface area contributed by atoms with E-state index in [4.69, 9.17) is 10.5 Å². The number of hydrogen-bond donors (Lipinski definition) is 1. The van der Waals surface area contributed by atoms with Crippen LogP contribution in [0.1, 0.15) is 21.0 Å². The van der Waals surface area contributed by atoms with Crippen molar-refractivity contribution in [3.63, 3.8) is 0 Å². The molecule has 0 spiro atoms. The number of benzene rings is 1. The van der Waals surface area contributed by atoms with Gasteiger partial charge in [-0.1, -0.05) is 30.3 Å². The smallest absolute Gasteiger partial charge is 0.277 e. The molecule has 0 amide bonds. The van der Waals surface area contributed by atoms with Gasteiger partial charge in [-0.05, 0) is 0 Å². The monoisotopic (exact) mass is 311 g/mol. The number of carbonyl (C=O) groups is 2. The topological polar surface area (TPSA) is 104 Å². The van der Waals surface area contributed by atoms with Gasteiger partial charge in [0, 0.05) is 12.6 Å². The molecule has 0 unspecified atom stereocenters. The number of hydrogen-bond acceptors (Lipinski definition) is 6. The van der Waals surface area contributed by atoms with Crippen LogP contribution in [-0.4, -0.2) is 28.2 Å². The molecular weight excluding hydrogens is 298 g/mol. The van der Waals surface area contributed by atoms with Gasteiger partial charge in [0.25, 0.3) is 5.56 Å². The molecule has 0 saturated carbocycles. The predicted molar refractivity (Wildman–Crippen MR) is 81.8 cm³/mol. The first-order valence-electron chi connectivity index (χ1n) is 6.77. The summed E-state index contributed by atoms with van der Waals surface area (Å²) < 4.78 is 6.00. The van der Waals surface area contributed by atoms with Crippen LogP contribution in [0.25, 0.3) is 11.3 Å². The van der Waals surface area contributed by atoms with Gasteiger partial charge in [0.1, 0.15) is 22.8 Å². The van der Waals surface area contributed by atoms with Crippen LogP contribution in [0, 0.1) is 0 Å². The lowest BCUT2D eigenvalue weighted by atomic mass is 9.99. The van der Waals surface area contributed by atoms with Crippen molar-refractivity contribution >= 4 is 11.6 Å². The standard InChI is InChI=1S/C16H13N3O4/c1-19-12-11(13(20)9(17)15(23-2)14(12)21)18-10(16(19)22)8-6-4-3-5-7-8/h3-7H,17H2,1-2H3. The van der Waals surface area contributed by atoms with Crippen molar-refractivity contribution in [1.29, 1.82) is 0 Å². The fourth-order valence-electron chi connectivity index (χ4n) is 2.50. The highest BCUT2D eigenvalue weighted by Crippen LogP contribution is 2.24. The number of nitrogens with zero attached hydrogens (tertiary/aromatic N) is 2. The van der Waals surface area contributed by atoms with E-state index >= 15 is 0 Å². The van der Waals surface area contributed by atoms with E-state index in [1.165, 1.54) is 14.2 Å². The highest BCUT2D eigenvalue weighted by molar-refractivity contribution is 6.24. The van der Waals surface area contributed by atoms with Crippen LogP contribution in [0.4, 0.5) is 0 Å². The SMILES string of the molecule is COC1=C(N)C(=O)c2nc(-c3ccccc3)c(=O)n(C)c2C1=O. The Morgan fingerprint density at radius 3 is 2.30 bits per heavy atom. The van der Waals surface area contributed by atoms with E-state index in [-0.39, 0.29) is 28.5 Å². The summed E-state index contributed by atoms with van der Waals surface area (Å²) in [6.45, 7) is 0. The summed E-state index contributed by atoms with van der Waals surface area (Å²) in [5.74, 6) is -1.54. The van der Waals surface area contributed by atoms with Gasteiger partial charge < -0.3 is 15.0 Å². The number of ketones is 2. The Labute approximate surface area is 131 Å². The molecule has 0 fully saturated rings. The normalized spacial score (nSPS) is 14.0. The number of rotatable bonds is 2. The van der Waals surface area contributed by atoms with E-state index < -0.39 is 17.1 Å². The number of aromatic nitrogens is 2. The van der Waals surface area contributed by atoms with Gasteiger partial charge in [0.05, 0.1) is 7.11 Å². The fourth-order valence-corrected chi connectivity index (χ4v) is 2.50. The largest absolute Gasteiger partial charge is 0.491 e. The van der Waals surface area contributed by atoms with E-state index in [1.807, 2.05) is 0 Å². The van der Waals surface area contributed by atoms with Crippen molar-refractivity contribution in [3.05, 3.63) is 63.5 Å². The Morgan fingerprint density at radius 2 is 1.70 bits per heavy atom. The number of Topliss-reactive ketones (excluding diaryl/α,β-unsaturated/α-hetero) is 2. The molecule has 7 nitrogen and oxygen atoms in total. The quantitative estimate of drug-likeness (QED) is 0.873. The molecule has 116 valence electrons. The molecule has 2 N–H and O–H groups in total. The van der Waals surface area contributed by atoms with E-state index in [2.05, 4.69) is 4.98 Å². The number of methoxy groups -OCH3 is 1. The number of ether oxygens (including phenoxy) is 1. The van der Waals surface area contributed by atoms with Crippen LogP contribution < -0.4 is 11.3 Å². The lowest BCUT2D eigenvalue weighted by molar-refractivity contribution is 0.0892. The zero-order valence-electron chi connectivity index (χ0n) is 12.5. The van der Waals surface area contributed by atoms with Gasteiger partial charge in [-0.2, -0.15) is 0 Å². The van der Waals surface area contributed by atoms with E-state index in [0.29, 0.717) is 5.56 Å². The average Bonchev–Trinajstić information content (AvgIpc) is 2.56. The van der Waals surface area contributed by atoms with Crippen molar-refractivity contribution in [2.24, 2.45) is 12.8 Å². The molecule has 0 saturated heterocycles. The average molecular weight is 311 g/mol. The molecular formula is C16H13N3O4. The second-order valence-corrected chi connectivity index (χ2v) is 4.99. The summed E-state index contributed by atoms with van der Waals surface area (Å²) in [5, 5.41) is 0. The molecule has 7 heteroatoms. The maximum atomic E-state index is 12.5. The van der Waals surface area contributed by atoms with Crippen LogP contribution >= 0.6 is 0 Å². The molecule has 0 bridgehead atoms. The first-order chi connectivity index (χ1) is 11.0. The molecule has 2 aromatic rings. The lowest BCUT2D eigenvalue weighted by Gasteiger charge is -2.19. The van der Waals surface area contributed by atoms with Crippen molar-refractivity contribution < 1.29 is 14.3 Å².